The van der Waals surface area contributed by atoms with E-state index in [-0.39, 0.29) is 0 Å². The number of rotatable bonds is 4. The molecular formula is C13H16ClN3O. The highest BCUT2D eigenvalue weighted by Crippen LogP contribution is 2.31. The number of aryl methyl sites for hydroxylation is 1. The number of benzene rings is 1. The van der Waals surface area contributed by atoms with Crippen molar-refractivity contribution in [3.8, 4) is 17.0 Å². The summed E-state index contributed by atoms with van der Waals surface area (Å²) in [6.07, 6.45) is 1.92. The Morgan fingerprint density at radius 3 is 2.83 bits per heavy atom. The van der Waals surface area contributed by atoms with E-state index >= 15 is 0 Å². The van der Waals surface area contributed by atoms with Gasteiger partial charge in [-0.1, -0.05) is 11.6 Å². The molecule has 1 heterocycles. The van der Waals surface area contributed by atoms with Crippen LogP contribution in [0.1, 0.15) is 12.5 Å². The van der Waals surface area contributed by atoms with Crippen LogP contribution < -0.4 is 10.5 Å². The van der Waals surface area contributed by atoms with Gasteiger partial charge in [0.15, 0.2) is 0 Å². The predicted octanol–water partition coefficient (Wildman–Crippen LogP) is 2.60. The average molecular weight is 266 g/mol. The summed E-state index contributed by atoms with van der Waals surface area (Å²) in [5.41, 5.74) is 8.52. The molecule has 0 unspecified atom stereocenters. The Morgan fingerprint density at radius 2 is 2.22 bits per heavy atom. The lowest BCUT2D eigenvalue weighted by molar-refractivity contribution is 0.340. The molecule has 2 rings (SSSR count). The molecule has 1 aromatic heterocycles. The lowest BCUT2D eigenvalue weighted by Gasteiger charge is -2.07. The minimum atomic E-state index is 0.452. The Balaban J connectivity index is 2.41. The zero-order valence-corrected chi connectivity index (χ0v) is 11.2. The van der Waals surface area contributed by atoms with Crippen molar-refractivity contribution in [1.82, 2.24) is 9.78 Å². The molecule has 0 saturated carbocycles. The highest BCUT2D eigenvalue weighted by molar-refractivity contribution is 6.32. The highest BCUT2D eigenvalue weighted by Gasteiger charge is 2.11. The number of hydrogen-bond donors (Lipinski definition) is 1. The number of halogens is 1. The second kappa shape index (κ2) is 5.42. The Morgan fingerprint density at radius 1 is 1.44 bits per heavy atom. The maximum absolute atomic E-state index is 6.17. The molecule has 2 aromatic rings. The molecule has 0 aliphatic rings. The van der Waals surface area contributed by atoms with E-state index in [1.807, 2.05) is 38.4 Å². The van der Waals surface area contributed by atoms with Crippen LogP contribution in [0.25, 0.3) is 11.3 Å². The topological polar surface area (TPSA) is 53.1 Å². The number of ether oxygens (including phenoxy) is 1. The van der Waals surface area contributed by atoms with Gasteiger partial charge in [0.05, 0.1) is 17.3 Å². The van der Waals surface area contributed by atoms with Crippen molar-refractivity contribution < 1.29 is 4.74 Å². The Bertz CT molecular complexity index is 551. The Labute approximate surface area is 111 Å². The summed E-state index contributed by atoms with van der Waals surface area (Å²) in [5, 5.41) is 4.99. The maximum atomic E-state index is 6.17. The largest absolute Gasteiger partial charge is 0.492 e. The van der Waals surface area contributed by atoms with Gasteiger partial charge in [0, 0.05) is 30.9 Å². The van der Waals surface area contributed by atoms with E-state index in [9.17, 15) is 0 Å². The molecule has 2 N–H and O–H groups in total. The van der Waals surface area contributed by atoms with Crippen molar-refractivity contribution in [2.24, 2.45) is 12.8 Å². The summed E-state index contributed by atoms with van der Waals surface area (Å²) in [7, 11) is 1.87. The first-order valence-corrected chi connectivity index (χ1v) is 6.18. The first kappa shape index (κ1) is 12.9. The molecule has 0 aliphatic carbocycles. The van der Waals surface area contributed by atoms with Crippen molar-refractivity contribution in [2.75, 3.05) is 6.61 Å². The fraction of sp³-hybridized carbons (Fsp3) is 0.308. The molecule has 4 nitrogen and oxygen atoms in total. The van der Waals surface area contributed by atoms with Gasteiger partial charge in [0.1, 0.15) is 5.75 Å². The number of nitrogens with zero attached hydrogens (tertiary/aromatic N) is 2. The zero-order chi connectivity index (χ0) is 13.1. The van der Waals surface area contributed by atoms with Gasteiger partial charge in [0.25, 0.3) is 0 Å². The zero-order valence-electron chi connectivity index (χ0n) is 10.5. The van der Waals surface area contributed by atoms with Gasteiger partial charge < -0.3 is 10.5 Å². The summed E-state index contributed by atoms with van der Waals surface area (Å²) < 4.78 is 7.16. The van der Waals surface area contributed by atoms with E-state index in [0.29, 0.717) is 23.9 Å². The Hall–Kier alpha value is -1.52. The molecular weight excluding hydrogens is 250 g/mol. The fourth-order valence-corrected chi connectivity index (χ4v) is 2.09. The second-order valence-electron chi connectivity index (χ2n) is 3.96. The molecule has 0 fully saturated rings. The minimum Gasteiger partial charge on any atom is -0.492 e. The van der Waals surface area contributed by atoms with Crippen LogP contribution in [0.5, 0.6) is 5.75 Å². The van der Waals surface area contributed by atoms with Crippen molar-refractivity contribution in [3.05, 3.63) is 35.0 Å². The molecule has 0 amide bonds. The van der Waals surface area contributed by atoms with Gasteiger partial charge >= 0.3 is 0 Å². The maximum Gasteiger partial charge on any atom is 0.137 e. The lowest BCUT2D eigenvalue weighted by Crippen LogP contribution is -1.97. The quantitative estimate of drug-likeness (QED) is 0.925. The van der Waals surface area contributed by atoms with E-state index in [1.54, 1.807) is 4.68 Å². The van der Waals surface area contributed by atoms with Crippen LogP contribution in [0, 0.1) is 0 Å². The standard InChI is InChI=1S/C13H16ClN3O/c1-3-18-12-5-4-9(6-11(12)14)13-10(7-15)8-17(2)16-13/h4-6,8H,3,7,15H2,1-2H3. The third kappa shape index (κ3) is 2.49. The van der Waals surface area contributed by atoms with Crippen molar-refractivity contribution in [2.45, 2.75) is 13.5 Å². The average Bonchev–Trinajstić information content (AvgIpc) is 2.73. The summed E-state index contributed by atoms with van der Waals surface area (Å²) in [6, 6.07) is 5.66. The van der Waals surface area contributed by atoms with E-state index in [4.69, 9.17) is 22.1 Å². The van der Waals surface area contributed by atoms with Crippen LogP contribution in [-0.2, 0) is 13.6 Å². The van der Waals surface area contributed by atoms with Crippen molar-refractivity contribution in [1.29, 1.82) is 0 Å². The highest BCUT2D eigenvalue weighted by atomic mass is 35.5. The smallest absolute Gasteiger partial charge is 0.137 e. The predicted molar refractivity (Wildman–Crippen MR) is 72.7 cm³/mol. The molecule has 1 aromatic carbocycles. The van der Waals surface area contributed by atoms with E-state index in [2.05, 4.69) is 5.10 Å². The van der Waals surface area contributed by atoms with E-state index in [0.717, 1.165) is 16.8 Å². The molecule has 0 spiro atoms. The van der Waals surface area contributed by atoms with Gasteiger partial charge in [-0.05, 0) is 25.1 Å². The number of aromatic nitrogens is 2. The summed E-state index contributed by atoms with van der Waals surface area (Å²) in [6.45, 7) is 2.97. The molecule has 0 radical (unpaired) electrons. The normalized spacial score (nSPS) is 10.7. The van der Waals surface area contributed by atoms with E-state index < -0.39 is 0 Å². The molecule has 0 atom stereocenters. The van der Waals surface area contributed by atoms with Gasteiger partial charge in [-0.15, -0.1) is 0 Å². The SMILES string of the molecule is CCOc1ccc(-c2nn(C)cc2CN)cc1Cl. The number of hydrogen-bond acceptors (Lipinski definition) is 3. The molecule has 96 valence electrons. The summed E-state index contributed by atoms with van der Waals surface area (Å²) in [5.74, 6) is 0.688. The van der Waals surface area contributed by atoms with Crippen LogP contribution >= 0.6 is 11.6 Å². The second-order valence-corrected chi connectivity index (χ2v) is 4.37. The van der Waals surface area contributed by atoms with Gasteiger partial charge in [-0.25, -0.2) is 0 Å². The molecule has 0 bridgehead atoms. The van der Waals surface area contributed by atoms with Gasteiger partial charge in [-0.3, -0.25) is 4.68 Å². The first-order chi connectivity index (χ1) is 8.65. The molecule has 18 heavy (non-hydrogen) atoms. The van der Waals surface area contributed by atoms with Crippen molar-refractivity contribution in [3.63, 3.8) is 0 Å². The fourth-order valence-electron chi connectivity index (χ4n) is 1.85. The third-order valence-electron chi connectivity index (χ3n) is 2.63. The Kier molecular flexibility index (Phi) is 3.89. The van der Waals surface area contributed by atoms with Crippen LogP contribution in [0.3, 0.4) is 0 Å². The third-order valence-corrected chi connectivity index (χ3v) is 2.93. The molecule has 0 saturated heterocycles. The van der Waals surface area contributed by atoms with Crippen LogP contribution in [0.2, 0.25) is 5.02 Å². The molecule has 5 heteroatoms. The monoisotopic (exact) mass is 265 g/mol. The van der Waals surface area contributed by atoms with Crippen LogP contribution in [-0.4, -0.2) is 16.4 Å². The van der Waals surface area contributed by atoms with Crippen molar-refractivity contribution >= 4 is 11.6 Å². The first-order valence-electron chi connectivity index (χ1n) is 5.81. The lowest BCUT2D eigenvalue weighted by atomic mass is 10.1. The number of nitrogens with two attached hydrogens (primary N) is 1. The van der Waals surface area contributed by atoms with Crippen LogP contribution in [0.15, 0.2) is 24.4 Å². The summed E-state index contributed by atoms with van der Waals surface area (Å²) in [4.78, 5) is 0. The minimum absolute atomic E-state index is 0.452. The van der Waals surface area contributed by atoms with E-state index in [1.165, 1.54) is 0 Å². The molecule has 0 aliphatic heterocycles. The van der Waals surface area contributed by atoms with Crippen LogP contribution in [0.4, 0.5) is 0 Å². The summed E-state index contributed by atoms with van der Waals surface area (Å²) >= 11 is 6.17. The van der Waals surface area contributed by atoms with Gasteiger partial charge in [-0.2, -0.15) is 5.10 Å². The van der Waals surface area contributed by atoms with Gasteiger partial charge in [0.2, 0.25) is 0 Å².